The summed E-state index contributed by atoms with van der Waals surface area (Å²) in [6, 6.07) is 9.23. The average Bonchev–Trinajstić information content (AvgIpc) is 3.51. The molecule has 0 radical (unpaired) electrons. The van der Waals surface area contributed by atoms with E-state index in [0.29, 0.717) is 35.2 Å². The topological polar surface area (TPSA) is 110 Å². The molecule has 0 saturated heterocycles. The molecule has 1 fully saturated rings. The third-order valence-corrected chi connectivity index (χ3v) is 7.20. The predicted molar refractivity (Wildman–Crippen MR) is 131 cm³/mol. The van der Waals surface area contributed by atoms with Crippen LogP contribution in [0.25, 0.3) is 11.0 Å². The lowest BCUT2D eigenvalue weighted by Gasteiger charge is -2.19. The Morgan fingerprint density at radius 1 is 1.21 bits per heavy atom. The van der Waals surface area contributed by atoms with Gasteiger partial charge in [0.25, 0.3) is 5.91 Å². The van der Waals surface area contributed by atoms with E-state index in [1.807, 2.05) is 31.2 Å². The molecule has 2 aromatic heterocycles. The van der Waals surface area contributed by atoms with Crippen molar-refractivity contribution in [1.82, 2.24) is 9.55 Å². The molecule has 0 atom stereocenters. The minimum absolute atomic E-state index is 0.0935. The number of fused-ring (bicyclic) bond motifs is 1. The summed E-state index contributed by atoms with van der Waals surface area (Å²) >= 11 is 1.40. The van der Waals surface area contributed by atoms with Gasteiger partial charge in [-0.25, -0.2) is 4.98 Å². The summed E-state index contributed by atoms with van der Waals surface area (Å²) in [4.78, 5) is 44.8. The van der Waals surface area contributed by atoms with Crippen LogP contribution in [0.5, 0.6) is 0 Å². The highest BCUT2D eigenvalue weighted by atomic mass is 32.1. The predicted octanol–water partition coefficient (Wildman–Crippen LogP) is 4.08. The number of nitrogens with two attached hydrogens (primary N) is 1. The maximum atomic E-state index is 12.8. The van der Waals surface area contributed by atoms with Crippen molar-refractivity contribution in [1.29, 1.82) is 0 Å². The van der Waals surface area contributed by atoms with E-state index in [-0.39, 0.29) is 18.2 Å². The molecular weight excluding hydrogens is 438 g/mol. The van der Waals surface area contributed by atoms with Crippen molar-refractivity contribution in [2.75, 3.05) is 17.3 Å². The zero-order valence-electron chi connectivity index (χ0n) is 19.0. The average molecular weight is 468 g/mol. The number of imidazole rings is 1. The van der Waals surface area contributed by atoms with Crippen molar-refractivity contribution in [3.63, 3.8) is 0 Å². The Hall–Kier alpha value is -3.20. The Morgan fingerprint density at radius 2 is 1.97 bits per heavy atom. The molecular formula is C24H29N5O3S. The maximum Gasteiger partial charge on any atom is 0.268 e. The standard InChI is InChI=1S/C24H29N5O3S/c1-15-7-10-20(33-15)23(32)27-24-26-18-14-17(8-9-19(18)29(24)12-11-21(25)30)28(2)22(31)13-16-5-3-4-6-16/h7-10,14,16H,3-6,11-13H2,1-2H3,(H2,25,30)(H,26,27,32). The smallest absolute Gasteiger partial charge is 0.268 e. The van der Waals surface area contributed by atoms with Crippen molar-refractivity contribution in [2.45, 2.75) is 52.0 Å². The van der Waals surface area contributed by atoms with Gasteiger partial charge in [0, 0.05) is 37.0 Å². The fraction of sp³-hybridized carbons (Fsp3) is 0.417. The summed E-state index contributed by atoms with van der Waals surface area (Å²) in [6.07, 6.45) is 5.33. The number of nitrogens with zero attached hydrogens (tertiary/aromatic N) is 3. The molecule has 174 valence electrons. The van der Waals surface area contributed by atoms with Crippen molar-refractivity contribution in [2.24, 2.45) is 11.7 Å². The van der Waals surface area contributed by atoms with E-state index < -0.39 is 5.91 Å². The largest absolute Gasteiger partial charge is 0.370 e. The number of carbonyl (C=O) groups excluding carboxylic acids is 3. The van der Waals surface area contributed by atoms with Gasteiger partial charge >= 0.3 is 0 Å². The Bertz CT molecular complexity index is 1190. The van der Waals surface area contributed by atoms with Gasteiger partial charge in [-0.15, -0.1) is 11.3 Å². The molecule has 0 aliphatic heterocycles. The molecule has 0 bridgehead atoms. The fourth-order valence-corrected chi connectivity index (χ4v) is 5.10. The highest BCUT2D eigenvalue weighted by Gasteiger charge is 2.22. The molecule has 1 aliphatic carbocycles. The van der Waals surface area contributed by atoms with Gasteiger partial charge in [0.1, 0.15) is 0 Å². The molecule has 33 heavy (non-hydrogen) atoms. The molecule has 1 aromatic carbocycles. The lowest BCUT2D eigenvalue weighted by Crippen LogP contribution is -2.27. The molecule has 8 nitrogen and oxygen atoms in total. The van der Waals surface area contributed by atoms with Crippen molar-refractivity contribution in [3.8, 4) is 0 Å². The van der Waals surface area contributed by atoms with Crippen LogP contribution in [0.15, 0.2) is 30.3 Å². The summed E-state index contributed by atoms with van der Waals surface area (Å²) in [5.74, 6) is 0.222. The lowest BCUT2D eigenvalue weighted by atomic mass is 10.0. The van der Waals surface area contributed by atoms with Crippen molar-refractivity contribution >= 4 is 51.7 Å². The molecule has 0 spiro atoms. The number of hydrogen-bond donors (Lipinski definition) is 2. The number of anilines is 2. The number of aryl methyl sites for hydroxylation is 2. The van der Waals surface area contributed by atoms with Crippen LogP contribution in [0.4, 0.5) is 11.6 Å². The van der Waals surface area contributed by atoms with Crippen LogP contribution in [0.1, 0.15) is 53.1 Å². The van der Waals surface area contributed by atoms with Crippen LogP contribution in [0.2, 0.25) is 0 Å². The zero-order valence-corrected chi connectivity index (χ0v) is 19.8. The normalized spacial score (nSPS) is 14.0. The van der Waals surface area contributed by atoms with Crippen LogP contribution in [0.3, 0.4) is 0 Å². The second-order valence-corrected chi connectivity index (χ2v) is 9.94. The zero-order chi connectivity index (χ0) is 23.5. The highest BCUT2D eigenvalue weighted by molar-refractivity contribution is 7.14. The SMILES string of the molecule is Cc1ccc(C(=O)Nc2nc3cc(N(C)C(=O)CC4CCCC4)ccc3n2CCC(N)=O)s1. The third-order valence-electron chi connectivity index (χ3n) is 6.20. The summed E-state index contributed by atoms with van der Waals surface area (Å²) in [5, 5.41) is 2.86. The number of nitrogens with one attached hydrogen (secondary N) is 1. The molecule has 1 aliphatic rings. The maximum absolute atomic E-state index is 12.8. The van der Waals surface area contributed by atoms with E-state index in [1.165, 1.54) is 24.2 Å². The number of thiophene rings is 1. The monoisotopic (exact) mass is 467 g/mol. The van der Waals surface area contributed by atoms with Gasteiger partial charge in [0.05, 0.1) is 15.9 Å². The summed E-state index contributed by atoms with van der Waals surface area (Å²) < 4.78 is 1.78. The second kappa shape index (κ2) is 9.74. The molecule has 0 unspecified atom stereocenters. The highest BCUT2D eigenvalue weighted by Crippen LogP contribution is 2.30. The molecule has 2 heterocycles. The van der Waals surface area contributed by atoms with Crippen LogP contribution in [-0.4, -0.2) is 34.3 Å². The van der Waals surface area contributed by atoms with Crippen LogP contribution in [-0.2, 0) is 16.1 Å². The third kappa shape index (κ3) is 5.24. The van der Waals surface area contributed by atoms with Gasteiger partial charge in [0.15, 0.2) is 0 Å². The lowest BCUT2D eigenvalue weighted by molar-refractivity contribution is -0.119. The number of benzene rings is 1. The van der Waals surface area contributed by atoms with E-state index in [4.69, 9.17) is 5.73 Å². The molecule has 9 heteroatoms. The van der Waals surface area contributed by atoms with Crippen molar-refractivity contribution < 1.29 is 14.4 Å². The minimum Gasteiger partial charge on any atom is -0.370 e. The number of amides is 3. The van der Waals surface area contributed by atoms with Crippen LogP contribution < -0.4 is 16.0 Å². The van der Waals surface area contributed by atoms with E-state index in [1.54, 1.807) is 22.6 Å². The molecule has 3 N–H and O–H groups in total. The first-order valence-electron chi connectivity index (χ1n) is 11.2. The molecule has 4 rings (SSSR count). The molecule has 3 amide bonds. The first-order chi connectivity index (χ1) is 15.8. The van der Waals surface area contributed by atoms with E-state index in [9.17, 15) is 14.4 Å². The van der Waals surface area contributed by atoms with E-state index in [0.717, 1.165) is 28.9 Å². The first-order valence-corrected chi connectivity index (χ1v) is 12.1. The van der Waals surface area contributed by atoms with Gasteiger partial charge in [-0.2, -0.15) is 0 Å². The van der Waals surface area contributed by atoms with E-state index >= 15 is 0 Å². The van der Waals surface area contributed by atoms with E-state index in [2.05, 4.69) is 10.3 Å². The van der Waals surface area contributed by atoms with Crippen molar-refractivity contribution in [3.05, 3.63) is 40.1 Å². The quantitative estimate of drug-likeness (QED) is 0.520. The van der Waals surface area contributed by atoms with Gasteiger partial charge in [-0.05, 0) is 56.0 Å². The Kier molecular flexibility index (Phi) is 6.78. The number of aromatic nitrogens is 2. The Morgan fingerprint density at radius 3 is 2.64 bits per heavy atom. The van der Waals surface area contributed by atoms with Gasteiger partial charge in [-0.3, -0.25) is 19.7 Å². The fourth-order valence-electron chi connectivity index (χ4n) is 4.33. The number of primary amides is 1. The first kappa shape index (κ1) is 23.0. The summed E-state index contributed by atoms with van der Waals surface area (Å²) in [5.41, 5.74) is 7.50. The molecule has 3 aromatic rings. The Balaban J connectivity index is 1.60. The number of rotatable bonds is 8. The van der Waals surface area contributed by atoms with Crippen LogP contribution in [0, 0.1) is 12.8 Å². The summed E-state index contributed by atoms with van der Waals surface area (Å²) in [7, 11) is 1.78. The van der Waals surface area contributed by atoms with Gasteiger partial charge < -0.3 is 15.2 Å². The number of hydrogen-bond acceptors (Lipinski definition) is 5. The van der Waals surface area contributed by atoms with Gasteiger partial charge in [0.2, 0.25) is 17.8 Å². The van der Waals surface area contributed by atoms with Gasteiger partial charge in [-0.1, -0.05) is 12.8 Å². The molecule has 1 saturated carbocycles. The van der Waals surface area contributed by atoms with Crippen LogP contribution >= 0.6 is 11.3 Å². The minimum atomic E-state index is -0.433. The number of carbonyl (C=O) groups is 3. The Labute approximate surface area is 196 Å². The summed E-state index contributed by atoms with van der Waals surface area (Å²) in [6.45, 7) is 2.23. The second-order valence-electron chi connectivity index (χ2n) is 8.65.